The van der Waals surface area contributed by atoms with Crippen molar-refractivity contribution >= 4 is 29.7 Å². The molecule has 1 fully saturated rings. The zero-order valence-electron chi connectivity index (χ0n) is 15.4. The molecule has 0 aliphatic carbocycles. The number of phenols is 1. The lowest BCUT2D eigenvalue weighted by molar-refractivity contribution is -0.385. The summed E-state index contributed by atoms with van der Waals surface area (Å²) in [5.41, 5.74) is 2.48. The second-order valence-corrected chi connectivity index (χ2v) is 6.09. The molecule has 0 unspecified atom stereocenters. The summed E-state index contributed by atoms with van der Waals surface area (Å²) in [5, 5.41) is 24.8. The number of hydrazone groups is 1. The Bertz CT molecular complexity index is 883. The fourth-order valence-corrected chi connectivity index (χ4v) is 2.47. The van der Waals surface area contributed by atoms with Gasteiger partial charge >= 0.3 is 5.69 Å². The number of nitro groups is 1. The molecule has 1 aliphatic rings. The summed E-state index contributed by atoms with van der Waals surface area (Å²) in [7, 11) is 3.62. The number of ether oxygens (including phenoxy) is 1. The van der Waals surface area contributed by atoms with E-state index in [-0.39, 0.29) is 11.5 Å². The number of phenolic OH excluding ortho intramolecular Hbond substituents is 1. The second kappa shape index (κ2) is 8.43. The van der Waals surface area contributed by atoms with Crippen LogP contribution in [-0.2, 0) is 4.74 Å². The number of para-hydroxylation sites is 1. The number of aromatic hydroxyl groups is 1. The van der Waals surface area contributed by atoms with Crippen LogP contribution < -0.4 is 15.2 Å². The van der Waals surface area contributed by atoms with Crippen molar-refractivity contribution in [2.24, 2.45) is 5.10 Å². The van der Waals surface area contributed by atoms with Crippen LogP contribution >= 0.6 is 0 Å². The molecule has 1 saturated heterocycles. The van der Waals surface area contributed by atoms with Crippen LogP contribution in [0.3, 0.4) is 0 Å². The number of morpholine rings is 1. The minimum absolute atomic E-state index is 0.192. The average molecular weight is 388 g/mol. The Balaban J connectivity index is 1.82. The van der Waals surface area contributed by atoms with Gasteiger partial charge in [0.2, 0.25) is 23.6 Å². The maximum Gasteiger partial charge on any atom is 0.311 e. The second-order valence-electron chi connectivity index (χ2n) is 6.09. The van der Waals surface area contributed by atoms with E-state index in [1.165, 1.54) is 24.4 Å². The summed E-state index contributed by atoms with van der Waals surface area (Å²) in [6.45, 7) is 2.52. The highest BCUT2D eigenvalue weighted by Crippen LogP contribution is 2.28. The predicted octanol–water partition coefficient (Wildman–Crippen LogP) is 0.834. The molecule has 0 radical (unpaired) electrons. The number of nitrogens with one attached hydrogen (secondary N) is 1. The highest BCUT2D eigenvalue weighted by molar-refractivity contribution is 5.85. The lowest BCUT2D eigenvalue weighted by Gasteiger charge is -2.27. The highest BCUT2D eigenvalue weighted by atomic mass is 16.6. The maximum absolute atomic E-state index is 10.9. The van der Waals surface area contributed by atoms with Gasteiger partial charge in [-0.3, -0.25) is 10.1 Å². The van der Waals surface area contributed by atoms with Crippen LogP contribution in [0.1, 0.15) is 5.56 Å². The van der Waals surface area contributed by atoms with Crippen molar-refractivity contribution in [3.8, 4) is 5.75 Å². The van der Waals surface area contributed by atoms with Crippen LogP contribution in [0.2, 0.25) is 0 Å². The van der Waals surface area contributed by atoms with E-state index in [1.807, 2.05) is 19.0 Å². The van der Waals surface area contributed by atoms with Crippen LogP contribution in [0, 0.1) is 10.1 Å². The third kappa shape index (κ3) is 4.40. The maximum atomic E-state index is 10.9. The Morgan fingerprint density at radius 2 is 2.07 bits per heavy atom. The lowest BCUT2D eigenvalue weighted by Crippen LogP contribution is -2.37. The predicted molar refractivity (Wildman–Crippen MR) is 103 cm³/mol. The Kier molecular flexibility index (Phi) is 5.79. The van der Waals surface area contributed by atoms with Crippen LogP contribution in [0.5, 0.6) is 5.75 Å². The summed E-state index contributed by atoms with van der Waals surface area (Å²) >= 11 is 0. The molecule has 2 heterocycles. The summed E-state index contributed by atoms with van der Waals surface area (Å²) in [6, 6.07) is 4.18. The SMILES string of the molecule is CN(C)c1nc(N/N=C/c2cccc([N+](=O)[O-])c2O)nc(N2CCOCC2)n1. The first-order chi connectivity index (χ1) is 13.5. The van der Waals surface area contributed by atoms with Crippen LogP contribution in [0.4, 0.5) is 23.5 Å². The molecule has 0 saturated carbocycles. The van der Waals surface area contributed by atoms with E-state index in [2.05, 4.69) is 25.5 Å². The third-order valence-electron chi connectivity index (χ3n) is 3.92. The van der Waals surface area contributed by atoms with Crippen molar-refractivity contribution in [3.05, 3.63) is 33.9 Å². The van der Waals surface area contributed by atoms with Crippen LogP contribution in [-0.4, -0.2) is 71.6 Å². The zero-order chi connectivity index (χ0) is 20.1. The van der Waals surface area contributed by atoms with E-state index in [0.29, 0.717) is 38.2 Å². The van der Waals surface area contributed by atoms with E-state index in [0.717, 1.165) is 0 Å². The molecular weight excluding hydrogens is 368 g/mol. The van der Waals surface area contributed by atoms with Crippen molar-refractivity contribution in [1.29, 1.82) is 0 Å². The number of rotatable bonds is 6. The first-order valence-electron chi connectivity index (χ1n) is 8.47. The molecule has 0 spiro atoms. The molecule has 2 aromatic rings. The van der Waals surface area contributed by atoms with Gasteiger partial charge in [-0.2, -0.15) is 20.1 Å². The number of nitrogens with zero attached hydrogens (tertiary/aromatic N) is 7. The van der Waals surface area contributed by atoms with Gasteiger partial charge in [0.15, 0.2) is 0 Å². The molecule has 2 N–H and O–H groups in total. The van der Waals surface area contributed by atoms with Gasteiger partial charge in [-0.25, -0.2) is 5.43 Å². The number of benzene rings is 1. The molecule has 3 rings (SSSR count). The van der Waals surface area contributed by atoms with Gasteiger partial charge in [0.05, 0.1) is 24.4 Å². The number of nitro benzene ring substituents is 1. The van der Waals surface area contributed by atoms with Gasteiger partial charge in [0.25, 0.3) is 0 Å². The molecule has 0 atom stereocenters. The van der Waals surface area contributed by atoms with Crippen molar-refractivity contribution in [2.45, 2.75) is 0 Å². The normalized spacial score (nSPS) is 14.3. The molecule has 148 valence electrons. The monoisotopic (exact) mass is 388 g/mol. The van der Waals surface area contributed by atoms with Gasteiger partial charge in [-0.05, 0) is 6.07 Å². The van der Waals surface area contributed by atoms with E-state index >= 15 is 0 Å². The molecule has 1 aromatic carbocycles. The number of hydrogen-bond donors (Lipinski definition) is 2. The van der Waals surface area contributed by atoms with Crippen molar-refractivity contribution < 1.29 is 14.8 Å². The standard InChI is InChI=1S/C16H20N8O4/c1-22(2)15-18-14(19-16(20-15)23-6-8-28-9-7-23)21-17-10-11-4-3-5-12(13(11)25)24(26)27/h3-5,10,25H,6-9H2,1-2H3,(H,18,19,20,21)/b17-10+. The topological polar surface area (TPSA) is 142 Å². The number of hydrogen-bond acceptors (Lipinski definition) is 11. The third-order valence-corrected chi connectivity index (χ3v) is 3.92. The molecule has 0 bridgehead atoms. The summed E-state index contributed by atoms with van der Waals surface area (Å²) in [4.78, 5) is 27.0. The first-order valence-corrected chi connectivity index (χ1v) is 8.47. The fraction of sp³-hybridized carbons (Fsp3) is 0.375. The number of anilines is 3. The fourth-order valence-electron chi connectivity index (χ4n) is 2.47. The molecule has 12 nitrogen and oxygen atoms in total. The quantitative estimate of drug-likeness (QED) is 0.415. The van der Waals surface area contributed by atoms with Gasteiger partial charge < -0.3 is 19.6 Å². The molecule has 1 aromatic heterocycles. The van der Waals surface area contributed by atoms with Gasteiger partial charge in [-0.15, -0.1) is 0 Å². The largest absolute Gasteiger partial charge is 0.502 e. The number of aromatic nitrogens is 3. The van der Waals surface area contributed by atoms with Crippen molar-refractivity contribution in [2.75, 3.05) is 55.6 Å². The Morgan fingerprint density at radius 1 is 1.32 bits per heavy atom. The lowest BCUT2D eigenvalue weighted by atomic mass is 10.2. The van der Waals surface area contributed by atoms with Gasteiger partial charge in [0, 0.05) is 38.8 Å². The molecule has 12 heteroatoms. The van der Waals surface area contributed by atoms with E-state index < -0.39 is 16.4 Å². The summed E-state index contributed by atoms with van der Waals surface area (Å²) < 4.78 is 5.35. The Morgan fingerprint density at radius 3 is 2.75 bits per heavy atom. The van der Waals surface area contributed by atoms with Gasteiger partial charge in [-0.1, -0.05) is 6.07 Å². The molecular formula is C16H20N8O4. The summed E-state index contributed by atoms with van der Waals surface area (Å²) in [5.74, 6) is 0.698. The molecule has 0 amide bonds. The van der Waals surface area contributed by atoms with Crippen molar-refractivity contribution in [3.63, 3.8) is 0 Å². The molecule has 1 aliphatic heterocycles. The van der Waals surface area contributed by atoms with Gasteiger partial charge in [0.1, 0.15) is 0 Å². The summed E-state index contributed by atoms with van der Waals surface area (Å²) in [6.07, 6.45) is 1.26. The molecule has 28 heavy (non-hydrogen) atoms. The minimum Gasteiger partial charge on any atom is -0.502 e. The van der Waals surface area contributed by atoms with E-state index in [1.54, 1.807) is 4.90 Å². The van der Waals surface area contributed by atoms with Crippen molar-refractivity contribution in [1.82, 2.24) is 15.0 Å². The smallest absolute Gasteiger partial charge is 0.311 e. The van der Waals surface area contributed by atoms with Crippen LogP contribution in [0.15, 0.2) is 23.3 Å². The van der Waals surface area contributed by atoms with E-state index in [9.17, 15) is 15.2 Å². The first kappa shape index (κ1) is 19.2. The average Bonchev–Trinajstić information content (AvgIpc) is 2.69. The minimum atomic E-state index is -0.663. The Labute approximate surface area is 160 Å². The highest BCUT2D eigenvalue weighted by Gasteiger charge is 2.18. The van der Waals surface area contributed by atoms with E-state index in [4.69, 9.17) is 4.74 Å². The zero-order valence-corrected chi connectivity index (χ0v) is 15.4. The Hall–Kier alpha value is -3.54. The van der Waals surface area contributed by atoms with Crippen LogP contribution in [0.25, 0.3) is 0 Å².